The van der Waals surface area contributed by atoms with E-state index in [1.807, 2.05) is 6.92 Å². The molecule has 192 valence electrons. The predicted molar refractivity (Wildman–Crippen MR) is 124 cm³/mol. The topological polar surface area (TPSA) is 156 Å². The summed E-state index contributed by atoms with van der Waals surface area (Å²) in [7, 11) is 0. The number of amides is 2. The summed E-state index contributed by atoms with van der Waals surface area (Å²) in [5, 5.41) is 25.0. The molecule has 0 bridgehead atoms. The molecule has 12 nitrogen and oxygen atoms in total. The molecule has 2 heterocycles. The summed E-state index contributed by atoms with van der Waals surface area (Å²) in [5.41, 5.74) is 0. The van der Waals surface area contributed by atoms with Crippen molar-refractivity contribution in [1.29, 1.82) is 0 Å². The van der Waals surface area contributed by atoms with E-state index >= 15 is 0 Å². The first kappa shape index (κ1) is 28.4. The van der Waals surface area contributed by atoms with Gasteiger partial charge in [0.15, 0.2) is 33.8 Å². The van der Waals surface area contributed by atoms with Crippen LogP contribution in [0.2, 0.25) is 0 Å². The van der Waals surface area contributed by atoms with Crippen molar-refractivity contribution < 1.29 is 41.8 Å². The maximum atomic E-state index is 12.2. The molecule has 4 unspecified atom stereocenters. The number of ether oxygens (including phenoxy) is 4. The largest absolute Gasteiger partial charge is 0.388 e. The Bertz CT molecular complexity index is 615. The highest BCUT2D eigenvalue weighted by Gasteiger charge is 2.28. The van der Waals surface area contributed by atoms with Gasteiger partial charge in [0.05, 0.1) is 37.0 Å². The molecule has 0 aromatic heterocycles. The SMILES string of the molecule is C[C@H]1CCC(O)C(OCCNC(=O)CN(CI=O)CC(=O)NCCOC2OCCCC2O)O1. The molecule has 33 heavy (non-hydrogen) atoms. The average molecular weight is 589 g/mol. The third-order valence-electron chi connectivity index (χ3n) is 5.16. The number of aliphatic hydroxyl groups is 2. The molecular formula is C20H36IN3O9. The van der Waals surface area contributed by atoms with Crippen molar-refractivity contribution in [2.24, 2.45) is 0 Å². The molecule has 2 amide bonds. The summed E-state index contributed by atoms with van der Waals surface area (Å²) in [6.07, 6.45) is 0.0687. The van der Waals surface area contributed by atoms with Crippen LogP contribution in [-0.2, 0) is 31.6 Å². The van der Waals surface area contributed by atoms with Gasteiger partial charge in [-0.25, -0.2) is 0 Å². The van der Waals surface area contributed by atoms with Gasteiger partial charge in [-0.05, 0) is 32.6 Å². The molecule has 4 N–H and O–H groups in total. The number of nitrogens with one attached hydrogen (secondary N) is 2. The average Bonchev–Trinajstić information content (AvgIpc) is 2.77. The van der Waals surface area contributed by atoms with Gasteiger partial charge in [-0.2, -0.15) is 0 Å². The number of hydrogen-bond donors (Lipinski definition) is 4. The fourth-order valence-corrected chi connectivity index (χ4v) is 4.31. The minimum absolute atomic E-state index is 0.0156. The summed E-state index contributed by atoms with van der Waals surface area (Å²) in [4.78, 5) is 25.8. The highest BCUT2D eigenvalue weighted by Crippen LogP contribution is 2.19. The third kappa shape index (κ3) is 11.4. The lowest BCUT2D eigenvalue weighted by Gasteiger charge is -2.31. The standard InChI is InChI=1S/C20H36IN3O9/c1-14-4-5-16(26)20(33-14)32-10-7-23-18(28)12-24(13-21-29)11-17(27)22-6-9-31-19-15(25)3-2-8-30-19/h14-16,19-20,25-26H,2-13H2,1H3,(H,22,27)(H,23,28)/t14-,15?,16?,19?,20?/m0/s1. The molecule has 13 heteroatoms. The van der Waals surface area contributed by atoms with Gasteiger partial charge in [0.2, 0.25) is 11.8 Å². The van der Waals surface area contributed by atoms with Crippen LogP contribution in [0.4, 0.5) is 0 Å². The quantitative estimate of drug-likeness (QED) is 0.0877. The summed E-state index contributed by atoms with van der Waals surface area (Å²) < 4.78 is 33.1. The zero-order chi connectivity index (χ0) is 24.1. The number of aliphatic hydroxyl groups excluding tert-OH is 2. The second kappa shape index (κ2) is 16.0. The first-order valence-corrected chi connectivity index (χ1v) is 13.6. The van der Waals surface area contributed by atoms with Crippen LogP contribution in [0.1, 0.15) is 32.6 Å². The summed E-state index contributed by atoms with van der Waals surface area (Å²) in [6, 6.07) is 0. The molecule has 2 aliphatic heterocycles. The Morgan fingerprint density at radius 1 is 1.00 bits per heavy atom. The van der Waals surface area contributed by atoms with Crippen LogP contribution in [0.5, 0.6) is 0 Å². The normalized spacial score (nSPS) is 27.9. The first-order valence-electron chi connectivity index (χ1n) is 11.2. The number of halogens is 1. The molecule has 0 radical (unpaired) electrons. The van der Waals surface area contributed by atoms with E-state index < -0.39 is 46.0 Å². The van der Waals surface area contributed by atoms with Crippen molar-refractivity contribution in [3.05, 3.63) is 0 Å². The zero-order valence-corrected chi connectivity index (χ0v) is 21.1. The fourth-order valence-electron chi connectivity index (χ4n) is 3.44. The Morgan fingerprint density at radius 3 is 2.21 bits per heavy atom. The van der Waals surface area contributed by atoms with Crippen LogP contribution < -0.4 is 10.6 Å². The second-order valence-electron chi connectivity index (χ2n) is 8.07. The van der Waals surface area contributed by atoms with Crippen LogP contribution in [0, 0.1) is 0 Å². The van der Waals surface area contributed by atoms with Gasteiger partial charge in [-0.15, -0.1) is 0 Å². The van der Waals surface area contributed by atoms with Gasteiger partial charge in [0, 0.05) is 19.7 Å². The van der Waals surface area contributed by atoms with Gasteiger partial charge in [0.25, 0.3) is 0 Å². The second-order valence-corrected chi connectivity index (χ2v) is 9.37. The van der Waals surface area contributed by atoms with Crippen LogP contribution in [0.3, 0.4) is 0 Å². The van der Waals surface area contributed by atoms with Gasteiger partial charge >= 0.3 is 0 Å². The Hall–Kier alpha value is -0.810. The van der Waals surface area contributed by atoms with Crippen LogP contribution >= 0.6 is 21.2 Å². The van der Waals surface area contributed by atoms with E-state index in [9.17, 15) is 22.9 Å². The van der Waals surface area contributed by atoms with E-state index in [4.69, 9.17) is 18.9 Å². The summed E-state index contributed by atoms with van der Waals surface area (Å²) in [6.45, 7) is 3.10. The monoisotopic (exact) mass is 589 g/mol. The van der Waals surface area contributed by atoms with Crippen molar-refractivity contribution in [3.8, 4) is 0 Å². The van der Waals surface area contributed by atoms with Crippen molar-refractivity contribution in [2.75, 3.05) is 50.6 Å². The predicted octanol–water partition coefficient (Wildman–Crippen LogP) is -0.789. The van der Waals surface area contributed by atoms with Crippen LogP contribution in [0.25, 0.3) is 0 Å². The van der Waals surface area contributed by atoms with E-state index in [-0.39, 0.29) is 61.9 Å². The number of alkyl halides is 1. The minimum Gasteiger partial charge on any atom is -0.388 e. The van der Waals surface area contributed by atoms with Gasteiger partial charge in [-0.1, -0.05) is 0 Å². The van der Waals surface area contributed by atoms with Crippen molar-refractivity contribution in [3.63, 3.8) is 0 Å². The molecule has 0 spiro atoms. The number of carbonyl (C=O) groups excluding carboxylic acids is 2. The molecule has 0 aliphatic carbocycles. The van der Waals surface area contributed by atoms with Crippen molar-refractivity contribution in [1.82, 2.24) is 15.5 Å². The Labute approximate surface area is 204 Å². The lowest BCUT2D eigenvalue weighted by molar-refractivity contribution is -0.235. The smallest absolute Gasteiger partial charge is 0.234 e. The van der Waals surface area contributed by atoms with Gasteiger partial charge in [-0.3, -0.25) is 17.6 Å². The lowest BCUT2D eigenvalue weighted by atomic mass is 10.1. The summed E-state index contributed by atoms with van der Waals surface area (Å²) in [5.74, 6) is -0.649. The summed E-state index contributed by atoms with van der Waals surface area (Å²) >= 11 is -1.39. The minimum atomic E-state index is -1.39. The third-order valence-corrected chi connectivity index (χ3v) is 6.40. The molecular weight excluding hydrogens is 553 g/mol. The molecule has 0 aromatic carbocycles. The van der Waals surface area contributed by atoms with E-state index in [2.05, 4.69) is 10.6 Å². The maximum Gasteiger partial charge on any atom is 0.234 e. The Morgan fingerprint density at radius 2 is 1.61 bits per heavy atom. The highest BCUT2D eigenvalue weighted by molar-refractivity contribution is 14.1. The molecule has 0 aromatic rings. The molecule has 2 rings (SSSR count). The molecule has 0 saturated carbocycles. The number of hydrogen-bond acceptors (Lipinski definition) is 10. The number of rotatable bonds is 14. The van der Waals surface area contributed by atoms with E-state index in [1.54, 1.807) is 0 Å². The number of carbonyl (C=O) groups is 2. The number of nitrogens with zero attached hydrogens (tertiary/aromatic N) is 1. The van der Waals surface area contributed by atoms with Crippen molar-refractivity contribution >= 4 is 33.0 Å². The van der Waals surface area contributed by atoms with Crippen LogP contribution in [0.15, 0.2) is 0 Å². The van der Waals surface area contributed by atoms with E-state index in [1.165, 1.54) is 4.90 Å². The zero-order valence-electron chi connectivity index (χ0n) is 18.9. The van der Waals surface area contributed by atoms with E-state index in [0.717, 1.165) is 12.8 Å². The molecule has 2 saturated heterocycles. The fraction of sp³-hybridized carbons (Fsp3) is 0.900. The lowest BCUT2D eigenvalue weighted by Crippen LogP contribution is -2.44. The first-order chi connectivity index (χ1) is 15.9. The Kier molecular flexibility index (Phi) is 13.8. The van der Waals surface area contributed by atoms with Crippen molar-refractivity contribution in [2.45, 2.75) is 63.5 Å². The maximum absolute atomic E-state index is 12.2. The Balaban J connectivity index is 1.59. The molecule has 2 aliphatic rings. The van der Waals surface area contributed by atoms with Crippen LogP contribution in [-0.4, -0.2) is 108 Å². The van der Waals surface area contributed by atoms with Gasteiger partial charge < -0.3 is 39.8 Å². The molecule has 2 fully saturated rings. The van der Waals surface area contributed by atoms with E-state index in [0.29, 0.717) is 19.4 Å². The molecule has 5 atom stereocenters. The highest BCUT2D eigenvalue weighted by atomic mass is 127. The van der Waals surface area contributed by atoms with Gasteiger partial charge in [0.1, 0.15) is 12.2 Å².